The maximum absolute atomic E-state index is 5.34. The van der Waals surface area contributed by atoms with Crippen LogP contribution in [0.1, 0.15) is 10.6 Å². The van der Waals surface area contributed by atoms with E-state index in [0.717, 1.165) is 26.6 Å². The van der Waals surface area contributed by atoms with Gasteiger partial charge < -0.3 is 10.6 Å². The third-order valence-corrected chi connectivity index (χ3v) is 4.20. The predicted molar refractivity (Wildman–Crippen MR) is 95.4 cm³/mol. The second-order valence-corrected chi connectivity index (χ2v) is 6.50. The van der Waals surface area contributed by atoms with Gasteiger partial charge in [-0.15, -0.1) is 11.3 Å². The number of hydrogen-bond donors (Lipinski definition) is 2. The van der Waals surface area contributed by atoms with Crippen LogP contribution in [-0.2, 0) is 0 Å². The van der Waals surface area contributed by atoms with Crippen LogP contribution in [0.4, 0.5) is 11.4 Å². The minimum atomic E-state index is 0.583. The molecule has 0 aliphatic heterocycles. The van der Waals surface area contributed by atoms with Gasteiger partial charge in [-0.2, -0.15) is 0 Å². The van der Waals surface area contributed by atoms with Gasteiger partial charge >= 0.3 is 0 Å². The van der Waals surface area contributed by atoms with Crippen LogP contribution in [0.5, 0.6) is 0 Å². The Morgan fingerprint density at radius 1 is 1.00 bits per heavy atom. The van der Waals surface area contributed by atoms with Crippen LogP contribution in [-0.4, -0.2) is 10.1 Å². The zero-order chi connectivity index (χ0) is 14.8. The van der Waals surface area contributed by atoms with E-state index in [1.165, 1.54) is 5.56 Å². The number of fused-ring (bicyclic) bond motifs is 1. The first kappa shape index (κ1) is 14.0. The minimum Gasteiger partial charge on any atom is -0.332 e. The number of thiocarbonyl (C=S) groups is 1. The van der Waals surface area contributed by atoms with Crippen LogP contribution in [0.3, 0.4) is 0 Å². The molecule has 0 amide bonds. The molecule has 5 heteroatoms. The number of aryl methyl sites for hydroxylation is 2. The van der Waals surface area contributed by atoms with Gasteiger partial charge in [0.05, 0.1) is 15.2 Å². The Kier molecular flexibility index (Phi) is 3.86. The van der Waals surface area contributed by atoms with Crippen molar-refractivity contribution in [3.63, 3.8) is 0 Å². The van der Waals surface area contributed by atoms with Crippen molar-refractivity contribution in [2.24, 2.45) is 0 Å². The van der Waals surface area contributed by atoms with E-state index in [0.29, 0.717) is 5.11 Å². The smallest absolute Gasteiger partial charge is 0.175 e. The van der Waals surface area contributed by atoms with Gasteiger partial charge in [0, 0.05) is 11.4 Å². The molecule has 0 spiro atoms. The third-order valence-electron chi connectivity index (χ3n) is 3.06. The molecule has 2 aromatic carbocycles. The fraction of sp³-hybridized carbons (Fsp3) is 0.125. The van der Waals surface area contributed by atoms with Crippen LogP contribution < -0.4 is 10.6 Å². The Labute approximate surface area is 133 Å². The third kappa shape index (κ3) is 3.37. The molecular formula is C16H15N3S2. The maximum atomic E-state index is 5.34. The molecule has 0 atom stereocenters. The highest BCUT2D eigenvalue weighted by atomic mass is 32.1. The first-order valence-corrected chi connectivity index (χ1v) is 7.84. The van der Waals surface area contributed by atoms with E-state index < -0.39 is 0 Å². The zero-order valence-corrected chi connectivity index (χ0v) is 13.4. The van der Waals surface area contributed by atoms with Gasteiger partial charge in [0.25, 0.3) is 0 Å². The number of rotatable bonds is 2. The predicted octanol–water partition coefficient (Wildman–Crippen LogP) is 4.72. The molecule has 21 heavy (non-hydrogen) atoms. The summed E-state index contributed by atoms with van der Waals surface area (Å²) in [6.07, 6.45) is 0. The largest absolute Gasteiger partial charge is 0.332 e. The summed E-state index contributed by atoms with van der Waals surface area (Å²) in [5.41, 5.74) is 4.20. The highest BCUT2D eigenvalue weighted by molar-refractivity contribution is 7.80. The first-order chi connectivity index (χ1) is 10.1. The van der Waals surface area contributed by atoms with Crippen molar-refractivity contribution in [1.29, 1.82) is 0 Å². The van der Waals surface area contributed by atoms with Crippen molar-refractivity contribution in [2.75, 3.05) is 10.6 Å². The lowest BCUT2D eigenvalue weighted by Crippen LogP contribution is -2.18. The van der Waals surface area contributed by atoms with E-state index in [2.05, 4.69) is 40.7 Å². The Bertz CT molecular complexity index is 791. The standard InChI is InChI=1S/C16H15N3S2/c1-10-3-5-12(6-4-10)18-16(20)19-13-7-8-14-15(9-13)21-11(2)17-14/h3-9H,1-2H3,(H2,18,19,20). The van der Waals surface area contributed by atoms with Crippen molar-refractivity contribution in [3.8, 4) is 0 Å². The molecule has 3 nitrogen and oxygen atoms in total. The lowest BCUT2D eigenvalue weighted by Gasteiger charge is -2.10. The van der Waals surface area contributed by atoms with Crippen LogP contribution >= 0.6 is 23.6 Å². The summed E-state index contributed by atoms with van der Waals surface area (Å²) in [7, 11) is 0. The Morgan fingerprint density at radius 2 is 1.67 bits per heavy atom. The molecule has 0 aliphatic carbocycles. The van der Waals surface area contributed by atoms with Gasteiger partial charge in [0.15, 0.2) is 5.11 Å². The monoisotopic (exact) mass is 313 g/mol. The number of anilines is 2. The molecular weight excluding hydrogens is 298 g/mol. The number of aromatic nitrogens is 1. The lowest BCUT2D eigenvalue weighted by atomic mass is 10.2. The topological polar surface area (TPSA) is 37.0 Å². The Balaban J connectivity index is 1.71. The second kappa shape index (κ2) is 5.79. The van der Waals surface area contributed by atoms with E-state index in [9.17, 15) is 0 Å². The molecule has 0 radical (unpaired) electrons. The average molecular weight is 313 g/mol. The molecule has 0 unspecified atom stereocenters. The molecule has 0 saturated heterocycles. The highest BCUT2D eigenvalue weighted by Gasteiger charge is 2.03. The quantitative estimate of drug-likeness (QED) is 0.671. The van der Waals surface area contributed by atoms with E-state index in [1.807, 2.05) is 31.2 Å². The SMILES string of the molecule is Cc1ccc(NC(=S)Nc2ccc3nc(C)sc3c2)cc1. The van der Waals surface area contributed by atoms with Gasteiger partial charge in [-0.1, -0.05) is 17.7 Å². The molecule has 3 rings (SSSR count). The van der Waals surface area contributed by atoms with Crippen molar-refractivity contribution < 1.29 is 0 Å². The summed E-state index contributed by atoms with van der Waals surface area (Å²) in [5, 5.41) is 8.04. The maximum Gasteiger partial charge on any atom is 0.175 e. The van der Waals surface area contributed by atoms with E-state index in [4.69, 9.17) is 12.2 Å². The van der Waals surface area contributed by atoms with Crippen molar-refractivity contribution in [3.05, 3.63) is 53.0 Å². The summed E-state index contributed by atoms with van der Waals surface area (Å²) >= 11 is 7.03. The highest BCUT2D eigenvalue weighted by Crippen LogP contribution is 2.24. The molecule has 106 valence electrons. The van der Waals surface area contributed by atoms with Gasteiger partial charge in [-0.05, 0) is 56.4 Å². The minimum absolute atomic E-state index is 0.583. The van der Waals surface area contributed by atoms with E-state index in [-0.39, 0.29) is 0 Å². The Hall–Kier alpha value is -1.98. The Morgan fingerprint density at radius 3 is 2.43 bits per heavy atom. The van der Waals surface area contributed by atoms with Gasteiger partial charge in [-0.25, -0.2) is 4.98 Å². The fourth-order valence-electron chi connectivity index (χ4n) is 2.05. The van der Waals surface area contributed by atoms with Crippen molar-refractivity contribution in [1.82, 2.24) is 4.98 Å². The number of nitrogens with zero attached hydrogens (tertiary/aromatic N) is 1. The molecule has 0 aliphatic rings. The first-order valence-electron chi connectivity index (χ1n) is 6.62. The summed E-state index contributed by atoms with van der Waals surface area (Å²) < 4.78 is 1.16. The summed E-state index contributed by atoms with van der Waals surface area (Å²) in [6.45, 7) is 4.08. The average Bonchev–Trinajstić information content (AvgIpc) is 2.80. The normalized spacial score (nSPS) is 10.6. The van der Waals surface area contributed by atoms with Gasteiger partial charge in [0.1, 0.15) is 0 Å². The number of benzene rings is 2. The number of nitrogens with one attached hydrogen (secondary N) is 2. The van der Waals surface area contributed by atoms with E-state index >= 15 is 0 Å². The second-order valence-electron chi connectivity index (χ2n) is 4.86. The molecule has 0 saturated carbocycles. The van der Waals surface area contributed by atoms with Crippen molar-refractivity contribution >= 4 is 50.3 Å². The molecule has 1 aromatic heterocycles. The van der Waals surface area contributed by atoms with Crippen molar-refractivity contribution in [2.45, 2.75) is 13.8 Å². The summed E-state index contributed by atoms with van der Waals surface area (Å²) in [5.74, 6) is 0. The van der Waals surface area contributed by atoms with Crippen LogP contribution in [0, 0.1) is 13.8 Å². The van der Waals surface area contributed by atoms with Gasteiger partial charge in [0.2, 0.25) is 0 Å². The number of thiazole rings is 1. The molecule has 0 bridgehead atoms. The summed E-state index contributed by atoms with van der Waals surface area (Å²) in [6, 6.07) is 14.2. The van der Waals surface area contributed by atoms with E-state index in [1.54, 1.807) is 11.3 Å². The zero-order valence-electron chi connectivity index (χ0n) is 11.8. The van der Waals surface area contributed by atoms with Crippen LogP contribution in [0.25, 0.3) is 10.2 Å². The number of hydrogen-bond acceptors (Lipinski definition) is 3. The molecule has 2 N–H and O–H groups in total. The van der Waals surface area contributed by atoms with Gasteiger partial charge in [-0.3, -0.25) is 0 Å². The van der Waals surface area contributed by atoms with Crippen LogP contribution in [0.2, 0.25) is 0 Å². The molecule has 0 fully saturated rings. The van der Waals surface area contributed by atoms with Crippen LogP contribution in [0.15, 0.2) is 42.5 Å². The molecule has 3 aromatic rings. The fourth-order valence-corrected chi connectivity index (χ4v) is 3.15. The molecule has 1 heterocycles. The lowest BCUT2D eigenvalue weighted by molar-refractivity contribution is 1.35. The summed E-state index contributed by atoms with van der Waals surface area (Å²) in [4.78, 5) is 4.45.